The van der Waals surface area contributed by atoms with E-state index in [1.807, 2.05) is 25.1 Å². The molecular weight excluding hydrogens is 614 g/mol. The fraction of sp³-hybridized carbons (Fsp3) is 0.267. The molecular formula is C30H23Br2NO5. The molecule has 1 fully saturated rings. The fourth-order valence-corrected chi connectivity index (χ4v) is 7.28. The molecule has 4 aliphatic rings. The molecule has 1 aliphatic heterocycles. The smallest absolute Gasteiger partial charge is 0.238 e. The summed E-state index contributed by atoms with van der Waals surface area (Å²) in [5.74, 6) is -3.50. The van der Waals surface area contributed by atoms with Crippen molar-refractivity contribution in [3.05, 3.63) is 91.4 Å². The predicted octanol–water partition coefficient (Wildman–Crippen LogP) is 5.68. The van der Waals surface area contributed by atoms with Crippen molar-refractivity contribution in [1.82, 2.24) is 0 Å². The molecule has 0 saturated carbocycles. The lowest BCUT2D eigenvalue weighted by atomic mass is 9.59. The highest BCUT2D eigenvalue weighted by Gasteiger charge is 2.56. The van der Waals surface area contributed by atoms with Gasteiger partial charge in [0.15, 0.2) is 11.6 Å². The first-order valence-corrected chi connectivity index (χ1v) is 14.1. The fourth-order valence-electron chi connectivity index (χ4n) is 6.45. The summed E-state index contributed by atoms with van der Waals surface area (Å²) in [4.78, 5) is 55.4. The number of halogens is 2. The molecule has 0 spiro atoms. The first kappa shape index (κ1) is 25.2. The van der Waals surface area contributed by atoms with Gasteiger partial charge in [0.2, 0.25) is 11.8 Å². The van der Waals surface area contributed by atoms with Crippen LogP contribution in [0.2, 0.25) is 0 Å². The summed E-state index contributed by atoms with van der Waals surface area (Å²) < 4.78 is 0.883. The number of aryl methyl sites for hydroxylation is 1. The Labute approximate surface area is 236 Å². The number of benzene rings is 2. The van der Waals surface area contributed by atoms with Crippen molar-refractivity contribution in [2.75, 3.05) is 4.90 Å². The van der Waals surface area contributed by atoms with E-state index in [9.17, 15) is 24.3 Å². The number of rotatable bonds is 3. The molecule has 38 heavy (non-hydrogen) atoms. The van der Waals surface area contributed by atoms with Gasteiger partial charge in [0.05, 0.1) is 22.0 Å². The summed E-state index contributed by atoms with van der Waals surface area (Å²) >= 11 is 6.69. The first-order valence-electron chi connectivity index (χ1n) is 12.6. The molecule has 1 N–H and O–H groups in total. The Kier molecular flexibility index (Phi) is 6.15. The van der Waals surface area contributed by atoms with E-state index in [0.29, 0.717) is 33.3 Å². The summed E-state index contributed by atoms with van der Waals surface area (Å²) in [7, 11) is 0. The normalized spacial score (nSPS) is 26.7. The number of allylic oxidation sites excluding steroid dienone is 6. The minimum Gasteiger partial charge on any atom is -0.508 e. The molecule has 8 heteroatoms. The largest absolute Gasteiger partial charge is 0.508 e. The van der Waals surface area contributed by atoms with Crippen LogP contribution >= 0.6 is 31.9 Å². The number of nitrogens with zero attached hydrogens (tertiary/aromatic N) is 1. The number of hydrogen-bond donors (Lipinski definition) is 1. The quantitative estimate of drug-likeness (QED) is 0.266. The zero-order valence-electron chi connectivity index (χ0n) is 20.4. The van der Waals surface area contributed by atoms with Crippen LogP contribution in [0.5, 0.6) is 5.75 Å². The average Bonchev–Trinajstić information content (AvgIpc) is 3.17. The number of carbonyl (C=O) groups excluding carboxylic acids is 4. The van der Waals surface area contributed by atoms with E-state index in [1.165, 1.54) is 11.0 Å². The zero-order valence-corrected chi connectivity index (χ0v) is 23.6. The number of phenols is 1. The number of carbonyl (C=O) groups is 4. The minimum atomic E-state index is -0.698. The monoisotopic (exact) mass is 635 g/mol. The van der Waals surface area contributed by atoms with Gasteiger partial charge in [0, 0.05) is 33.2 Å². The van der Waals surface area contributed by atoms with Gasteiger partial charge in [-0.25, -0.2) is 0 Å². The van der Waals surface area contributed by atoms with Crippen LogP contribution in [0.15, 0.2) is 80.3 Å². The van der Waals surface area contributed by atoms with Crippen LogP contribution < -0.4 is 4.90 Å². The number of anilines is 1. The number of amides is 2. The number of fused-ring (bicyclic) bond motifs is 3. The summed E-state index contributed by atoms with van der Waals surface area (Å²) in [6, 6.07) is 12.4. The summed E-state index contributed by atoms with van der Waals surface area (Å²) in [6.45, 7) is 2.04. The maximum absolute atomic E-state index is 13.9. The van der Waals surface area contributed by atoms with Gasteiger partial charge >= 0.3 is 0 Å². The van der Waals surface area contributed by atoms with Gasteiger partial charge in [-0.3, -0.25) is 24.1 Å². The molecule has 0 radical (unpaired) electrons. The Morgan fingerprint density at radius 3 is 2.42 bits per heavy atom. The summed E-state index contributed by atoms with van der Waals surface area (Å²) in [5, 5.41) is 10.9. The lowest BCUT2D eigenvalue weighted by Crippen LogP contribution is -2.39. The number of hydrogen-bond acceptors (Lipinski definition) is 5. The Balaban J connectivity index is 1.48. The van der Waals surface area contributed by atoms with E-state index in [2.05, 4.69) is 31.9 Å². The van der Waals surface area contributed by atoms with E-state index >= 15 is 0 Å². The number of ketones is 2. The molecule has 2 aromatic carbocycles. The second kappa shape index (κ2) is 9.27. The van der Waals surface area contributed by atoms with E-state index in [0.717, 1.165) is 17.6 Å². The lowest BCUT2D eigenvalue weighted by molar-refractivity contribution is -0.123. The van der Waals surface area contributed by atoms with Gasteiger partial charge in [-0.05, 0) is 77.0 Å². The molecule has 1 heterocycles. The third-order valence-corrected chi connectivity index (χ3v) is 9.32. The van der Waals surface area contributed by atoms with Crippen molar-refractivity contribution in [3.63, 3.8) is 0 Å². The molecule has 2 amide bonds. The van der Waals surface area contributed by atoms with E-state index < -0.39 is 23.7 Å². The van der Waals surface area contributed by atoms with Crippen molar-refractivity contribution in [2.24, 2.45) is 17.8 Å². The van der Waals surface area contributed by atoms with Crippen LogP contribution in [0, 0.1) is 17.8 Å². The van der Waals surface area contributed by atoms with Crippen LogP contribution in [0.3, 0.4) is 0 Å². The molecule has 0 bridgehead atoms. The highest BCUT2D eigenvalue weighted by molar-refractivity contribution is 9.12. The molecule has 192 valence electrons. The number of Topliss-reactive ketones (excluding diaryl/α,β-unsaturated/α-hetero) is 1. The number of aromatic hydroxyl groups is 1. The third kappa shape index (κ3) is 3.72. The third-order valence-electron chi connectivity index (χ3n) is 8.23. The van der Waals surface area contributed by atoms with Crippen molar-refractivity contribution in [2.45, 2.75) is 32.1 Å². The Morgan fingerprint density at radius 2 is 1.71 bits per heavy atom. The van der Waals surface area contributed by atoms with Crippen molar-refractivity contribution < 1.29 is 24.3 Å². The van der Waals surface area contributed by atoms with E-state index in [-0.39, 0.29) is 40.0 Å². The summed E-state index contributed by atoms with van der Waals surface area (Å²) in [6.07, 6.45) is 4.60. The predicted molar refractivity (Wildman–Crippen MR) is 149 cm³/mol. The lowest BCUT2D eigenvalue weighted by Gasteiger charge is -2.42. The molecule has 0 aromatic heterocycles. The van der Waals surface area contributed by atoms with E-state index in [4.69, 9.17) is 0 Å². The van der Waals surface area contributed by atoms with Gasteiger partial charge in [-0.2, -0.15) is 0 Å². The van der Waals surface area contributed by atoms with Gasteiger partial charge in [-0.15, -0.1) is 0 Å². The highest BCUT2D eigenvalue weighted by Crippen LogP contribution is 2.56. The zero-order chi connectivity index (χ0) is 26.9. The average molecular weight is 637 g/mol. The van der Waals surface area contributed by atoms with Crippen LogP contribution in [-0.4, -0.2) is 28.5 Å². The second-order valence-electron chi connectivity index (χ2n) is 10.1. The van der Waals surface area contributed by atoms with Gasteiger partial charge in [0.1, 0.15) is 5.75 Å². The molecule has 4 unspecified atom stereocenters. The highest BCUT2D eigenvalue weighted by atomic mass is 79.9. The van der Waals surface area contributed by atoms with Crippen LogP contribution in [0.25, 0.3) is 0 Å². The standard InChI is InChI=1S/C30H23Br2NO5/c1-2-14-3-6-16(7-4-14)33-29(37)18-9-8-17-19(26(18)30(33)38)12-21-27(24(35)13-22(32)28(21)36)25(17)20-11-15(31)5-10-23(20)34/h3-8,10-11,13,18-19,25-26,34H,2,9,12H2,1H3. The van der Waals surface area contributed by atoms with Crippen molar-refractivity contribution >= 4 is 60.9 Å². The topological polar surface area (TPSA) is 91.8 Å². The SMILES string of the molecule is CCc1ccc(N2C(=O)C3CC=C4C(c5cc(Br)ccc5O)C5=C(CC4C3C2=O)C(=O)C(Br)=CC5=O)cc1. The Hall–Kier alpha value is -3.10. The van der Waals surface area contributed by atoms with Gasteiger partial charge in [-0.1, -0.05) is 46.6 Å². The molecule has 4 atom stereocenters. The number of phenolic OH excluding ortho intramolecular Hbond substituents is 1. The minimum absolute atomic E-state index is 0.00550. The molecule has 3 aliphatic carbocycles. The van der Waals surface area contributed by atoms with Gasteiger partial charge in [0.25, 0.3) is 0 Å². The van der Waals surface area contributed by atoms with Crippen molar-refractivity contribution in [1.29, 1.82) is 0 Å². The van der Waals surface area contributed by atoms with E-state index in [1.54, 1.807) is 30.3 Å². The first-order chi connectivity index (χ1) is 18.2. The maximum atomic E-state index is 13.9. The van der Waals surface area contributed by atoms with Crippen LogP contribution in [0.4, 0.5) is 5.69 Å². The molecule has 2 aromatic rings. The Morgan fingerprint density at radius 1 is 0.974 bits per heavy atom. The number of imide groups is 1. The summed E-state index contributed by atoms with van der Waals surface area (Å²) in [5.41, 5.74) is 3.60. The maximum Gasteiger partial charge on any atom is 0.238 e. The molecule has 6 rings (SSSR count). The Bertz CT molecular complexity index is 1530. The second-order valence-corrected chi connectivity index (χ2v) is 11.9. The van der Waals surface area contributed by atoms with Gasteiger partial charge < -0.3 is 5.11 Å². The van der Waals surface area contributed by atoms with Crippen molar-refractivity contribution in [3.8, 4) is 5.75 Å². The molecule has 6 nitrogen and oxygen atoms in total. The van der Waals surface area contributed by atoms with Crippen LogP contribution in [-0.2, 0) is 25.6 Å². The molecule has 1 saturated heterocycles. The van der Waals surface area contributed by atoms with Crippen LogP contribution in [0.1, 0.15) is 36.8 Å².